The number of hydrogen-bond acceptors (Lipinski definition) is 4. The summed E-state index contributed by atoms with van der Waals surface area (Å²) in [6.45, 7) is 16.8. The first-order valence-corrected chi connectivity index (χ1v) is 18.2. The molecule has 1 N–H and O–H groups in total. The van der Waals surface area contributed by atoms with Crippen LogP contribution in [0.2, 0.25) is 0 Å². The van der Waals surface area contributed by atoms with Gasteiger partial charge in [-0.05, 0) is 97.8 Å². The summed E-state index contributed by atoms with van der Waals surface area (Å²) < 4.78 is 6.24. The predicted octanol–water partition coefficient (Wildman–Crippen LogP) is 10.7. The largest absolute Gasteiger partial charge is 0.386 e. The van der Waals surface area contributed by atoms with Crippen molar-refractivity contribution < 1.29 is 4.74 Å². The van der Waals surface area contributed by atoms with E-state index >= 15 is 0 Å². The highest BCUT2D eigenvalue weighted by Crippen LogP contribution is 2.37. The van der Waals surface area contributed by atoms with Gasteiger partial charge in [0.05, 0.1) is 23.2 Å². The van der Waals surface area contributed by atoms with Crippen LogP contribution in [0.1, 0.15) is 145 Å². The standard InChI is InChI=1S/C42H59N3O/c1-8-15-29(2)31-21-22-33(25-36-19-13-14-23-46-36)38(26-31)41(43-7)39-27-32-16-10-12-20-37(32)40(45-39)34-17-9-11-18-35(24-34)44-30(3)28-42(4,5)6/h10,12,16,20-22,26-27,29,34-36,44H,3,8-9,11,13-15,17-19,23-25,28H2,1-2,4-7H3/t29?,34?,35-,36?/m1/s1. The fraction of sp³-hybridized carbons (Fsp3) is 0.571. The Morgan fingerprint density at radius 1 is 1.04 bits per heavy atom. The number of benzene rings is 2. The molecule has 46 heavy (non-hydrogen) atoms. The van der Waals surface area contributed by atoms with Crippen molar-refractivity contribution >= 4 is 16.5 Å². The van der Waals surface area contributed by atoms with Crippen LogP contribution in [0.25, 0.3) is 10.8 Å². The van der Waals surface area contributed by atoms with Crippen LogP contribution < -0.4 is 5.32 Å². The molecule has 2 aliphatic rings. The Kier molecular flexibility index (Phi) is 11.8. The van der Waals surface area contributed by atoms with Gasteiger partial charge in [0.15, 0.2) is 0 Å². The van der Waals surface area contributed by atoms with E-state index in [9.17, 15) is 0 Å². The van der Waals surface area contributed by atoms with Gasteiger partial charge in [-0.25, -0.2) is 0 Å². The van der Waals surface area contributed by atoms with Crippen molar-refractivity contribution in [1.82, 2.24) is 10.3 Å². The second-order valence-corrected chi connectivity index (χ2v) is 15.4. The van der Waals surface area contributed by atoms with Gasteiger partial charge in [-0.3, -0.25) is 9.98 Å². The molecule has 1 aliphatic carbocycles. The van der Waals surface area contributed by atoms with Gasteiger partial charge in [0.25, 0.3) is 0 Å². The monoisotopic (exact) mass is 621 g/mol. The molecule has 1 saturated heterocycles. The van der Waals surface area contributed by atoms with Gasteiger partial charge < -0.3 is 10.1 Å². The van der Waals surface area contributed by atoms with Crippen molar-refractivity contribution in [2.45, 2.75) is 136 Å². The molecule has 4 heteroatoms. The minimum Gasteiger partial charge on any atom is -0.386 e. The minimum atomic E-state index is 0.226. The Labute approximate surface area is 279 Å². The molecular formula is C42H59N3O. The number of nitrogens with one attached hydrogen (secondary N) is 1. The SMILES string of the molecule is C=C(CC(C)(C)C)N[C@@H]1CCCCC(c2nc(C(=NC)c3cc(C(C)CCC)ccc3CC3CCCCO3)cc3ccccc23)C1. The molecule has 4 nitrogen and oxygen atoms in total. The Morgan fingerprint density at radius 3 is 2.57 bits per heavy atom. The summed E-state index contributed by atoms with van der Waals surface area (Å²) in [6, 6.07) is 18.7. The highest BCUT2D eigenvalue weighted by Gasteiger charge is 2.27. The number of fused-ring (bicyclic) bond motifs is 1. The molecule has 3 unspecified atom stereocenters. The first-order valence-electron chi connectivity index (χ1n) is 18.2. The van der Waals surface area contributed by atoms with E-state index in [4.69, 9.17) is 14.7 Å². The van der Waals surface area contributed by atoms with Crippen molar-refractivity contribution in [3.8, 4) is 0 Å². The van der Waals surface area contributed by atoms with Crippen LogP contribution in [-0.4, -0.2) is 36.5 Å². The van der Waals surface area contributed by atoms with Gasteiger partial charge in [0, 0.05) is 42.3 Å². The predicted molar refractivity (Wildman–Crippen MR) is 196 cm³/mol. The van der Waals surface area contributed by atoms with E-state index in [1.807, 2.05) is 7.05 Å². The summed E-state index contributed by atoms with van der Waals surface area (Å²) in [5, 5.41) is 6.38. The van der Waals surface area contributed by atoms with Crippen LogP contribution in [0.4, 0.5) is 0 Å². The van der Waals surface area contributed by atoms with Gasteiger partial charge in [-0.15, -0.1) is 0 Å². The average Bonchev–Trinajstić information content (AvgIpc) is 3.26. The molecule has 1 aromatic heterocycles. The van der Waals surface area contributed by atoms with Gasteiger partial charge in [0.1, 0.15) is 0 Å². The van der Waals surface area contributed by atoms with Crippen LogP contribution in [0.3, 0.4) is 0 Å². The second-order valence-electron chi connectivity index (χ2n) is 15.4. The zero-order valence-electron chi connectivity index (χ0n) is 29.6. The Bertz CT molecular complexity index is 1490. The smallest absolute Gasteiger partial charge is 0.0902 e. The van der Waals surface area contributed by atoms with Crippen molar-refractivity contribution in [3.63, 3.8) is 0 Å². The van der Waals surface area contributed by atoms with Gasteiger partial charge >= 0.3 is 0 Å². The maximum absolute atomic E-state index is 6.24. The normalized spacial score (nSPS) is 22.0. The molecule has 0 amide bonds. The first kappa shape index (κ1) is 34.4. The lowest BCUT2D eigenvalue weighted by Gasteiger charge is -2.27. The number of aromatic nitrogens is 1. The highest BCUT2D eigenvalue weighted by atomic mass is 16.5. The third-order valence-corrected chi connectivity index (χ3v) is 10.1. The van der Waals surface area contributed by atoms with E-state index in [0.29, 0.717) is 17.9 Å². The molecule has 2 fully saturated rings. The zero-order valence-corrected chi connectivity index (χ0v) is 29.6. The second kappa shape index (κ2) is 15.7. The molecule has 248 valence electrons. The van der Waals surface area contributed by atoms with Gasteiger partial charge in [-0.2, -0.15) is 0 Å². The molecule has 1 saturated carbocycles. The van der Waals surface area contributed by atoms with E-state index < -0.39 is 0 Å². The summed E-state index contributed by atoms with van der Waals surface area (Å²) in [7, 11) is 1.95. The fourth-order valence-electron chi connectivity index (χ4n) is 7.86. The van der Waals surface area contributed by atoms with E-state index in [2.05, 4.69) is 95.0 Å². The lowest BCUT2D eigenvalue weighted by Crippen LogP contribution is -2.30. The summed E-state index contributed by atoms with van der Waals surface area (Å²) in [5.41, 5.74) is 8.56. The quantitative estimate of drug-likeness (QED) is 0.171. The Balaban J connectivity index is 1.54. The first-order chi connectivity index (χ1) is 22.1. The molecule has 2 heterocycles. The molecule has 0 spiro atoms. The Hall–Kier alpha value is -2.98. The molecule has 4 atom stereocenters. The molecule has 1 aliphatic heterocycles. The zero-order chi connectivity index (χ0) is 32.7. The van der Waals surface area contributed by atoms with Crippen LogP contribution in [-0.2, 0) is 11.2 Å². The van der Waals surface area contributed by atoms with Gasteiger partial charge in [0.2, 0.25) is 0 Å². The fourth-order valence-corrected chi connectivity index (χ4v) is 7.86. The van der Waals surface area contributed by atoms with E-state index in [1.54, 1.807) is 0 Å². The van der Waals surface area contributed by atoms with Crippen molar-refractivity contribution in [1.29, 1.82) is 0 Å². The van der Waals surface area contributed by atoms with Crippen LogP contribution in [0, 0.1) is 5.41 Å². The molecule has 2 aromatic carbocycles. The third kappa shape index (κ3) is 8.88. The number of ether oxygens (including phenoxy) is 1. The molecule has 0 bridgehead atoms. The average molecular weight is 622 g/mol. The van der Waals surface area contributed by atoms with E-state index in [0.717, 1.165) is 55.8 Å². The number of rotatable bonds is 11. The topological polar surface area (TPSA) is 46.5 Å². The number of nitrogens with zero attached hydrogens (tertiary/aromatic N) is 2. The lowest BCUT2D eigenvalue weighted by molar-refractivity contribution is 0.0168. The van der Waals surface area contributed by atoms with Crippen molar-refractivity contribution in [2.75, 3.05) is 13.7 Å². The number of hydrogen-bond donors (Lipinski definition) is 1. The number of aliphatic imine (C=N–C) groups is 1. The summed E-state index contributed by atoms with van der Waals surface area (Å²) in [4.78, 5) is 10.6. The van der Waals surface area contributed by atoms with Crippen LogP contribution in [0.5, 0.6) is 0 Å². The molecule has 0 radical (unpaired) electrons. The maximum Gasteiger partial charge on any atom is 0.0902 e. The van der Waals surface area contributed by atoms with E-state index in [1.165, 1.54) is 78.1 Å². The molecule has 5 rings (SSSR count). The number of allylic oxidation sites excluding steroid dienone is 1. The highest BCUT2D eigenvalue weighted by molar-refractivity contribution is 6.14. The van der Waals surface area contributed by atoms with Crippen LogP contribution >= 0.6 is 0 Å². The van der Waals surface area contributed by atoms with Gasteiger partial charge in [-0.1, -0.05) is 96.9 Å². The third-order valence-electron chi connectivity index (χ3n) is 10.1. The number of pyridine rings is 1. The summed E-state index contributed by atoms with van der Waals surface area (Å²) >= 11 is 0. The van der Waals surface area contributed by atoms with E-state index in [-0.39, 0.29) is 11.5 Å². The van der Waals surface area contributed by atoms with Crippen molar-refractivity contribution in [2.24, 2.45) is 10.4 Å². The van der Waals surface area contributed by atoms with Crippen LogP contribution in [0.15, 0.2) is 65.8 Å². The lowest BCUT2D eigenvalue weighted by atomic mass is 9.87. The molecular weight excluding hydrogens is 562 g/mol. The molecule has 3 aromatic rings. The minimum absolute atomic E-state index is 0.226. The van der Waals surface area contributed by atoms with Crippen molar-refractivity contribution in [3.05, 3.63) is 88.9 Å². The summed E-state index contributed by atoms with van der Waals surface area (Å²) in [6.07, 6.45) is 14.0. The maximum atomic E-state index is 6.24. The summed E-state index contributed by atoms with van der Waals surface area (Å²) in [5.74, 6) is 0.891. The Morgan fingerprint density at radius 2 is 1.83 bits per heavy atom.